The lowest BCUT2D eigenvalue weighted by Gasteiger charge is -2.33. The summed E-state index contributed by atoms with van der Waals surface area (Å²) in [5, 5.41) is 5.14. The summed E-state index contributed by atoms with van der Waals surface area (Å²) in [6.07, 6.45) is 0. The zero-order valence-electron chi connectivity index (χ0n) is 19.3. The molecule has 1 aliphatic rings. The minimum Gasteiger partial charge on any atom is -0.462 e. The summed E-state index contributed by atoms with van der Waals surface area (Å²) < 4.78 is 32.3. The van der Waals surface area contributed by atoms with Gasteiger partial charge in [-0.3, -0.25) is 9.69 Å². The normalized spacial score (nSPS) is 15.0. The van der Waals surface area contributed by atoms with E-state index in [4.69, 9.17) is 4.74 Å². The van der Waals surface area contributed by atoms with Gasteiger partial charge in [-0.25, -0.2) is 13.2 Å². The molecule has 0 unspecified atom stereocenters. The first-order valence-electron chi connectivity index (χ1n) is 11.3. The Balaban J connectivity index is 1.40. The summed E-state index contributed by atoms with van der Waals surface area (Å²) in [6, 6.07) is 17.8. The third-order valence-corrected chi connectivity index (χ3v) is 8.50. The van der Waals surface area contributed by atoms with Crippen molar-refractivity contribution in [2.24, 2.45) is 0 Å². The van der Waals surface area contributed by atoms with Crippen LogP contribution in [0.4, 0.5) is 5.00 Å². The van der Waals surface area contributed by atoms with E-state index in [0.29, 0.717) is 42.3 Å². The first-order valence-corrected chi connectivity index (χ1v) is 13.6. The van der Waals surface area contributed by atoms with Crippen molar-refractivity contribution < 1.29 is 22.7 Å². The predicted octanol–water partition coefficient (Wildman–Crippen LogP) is 3.54. The number of nitrogens with zero attached hydrogens (tertiary/aromatic N) is 2. The fourth-order valence-corrected chi connectivity index (χ4v) is 6.34. The molecule has 1 aromatic heterocycles. The molecule has 1 aliphatic heterocycles. The Morgan fingerprint density at radius 2 is 1.60 bits per heavy atom. The van der Waals surface area contributed by atoms with Crippen molar-refractivity contribution >= 4 is 38.2 Å². The maximum absolute atomic E-state index is 12.8. The number of piperazine rings is 1. The van der Waals surface area contributed by atoms with E-state index >= 15 is 0 Å². The number of anilines is 1. The maximum atomic E-state index is 12.8. The average molecular weight is 514 g/mol. The number of thiophene rings is 1. The lowest BCUT2D eigenvalue weighted by atomic mass is 10.0. The first kappa shape index (κ1) is 25.1. The van der Waals surface area contributed by atoms with Crippen molar-refractivity contribution in [3.63, 3.8) is 0 Å². The van der Waals surface area contributed by atoms with E-state index in [0.717, 1.165) is 5.56 Å². The van der Waals surface area contributed by atoms with Gasteiger partial charge in [-0.15, -0.1) is 11.3 Å². The Kier molecular flexibility index (Phi) is 7.97. The molecule has 4 rings (SSSR count). The van der Waals surface area contributed by atoms with E-state index in [1.54, 1.807) is 37.3 Å². The molecule has 0 aliphatic carbocycles. The van der Waals surface area contributed by atoms with Crippen molar-refractivity contribution in [2.45, 2.75) is 11.8 Å². The Morgan fingerprint density at radius 1 is 0.971 bits per heavy atom. The van der Waals surface area contributed by atoms with Gasteiger partial charge in [0.05, 0.1) is 18.0 Å². The molecule has 1 N–H and O–H groups in total. The van der Waals surface area contributed by atoms with Gasteiger partial charge in [0.1, 0.15) is 10.6 Å². The Labute approximate surface area is 209 Å². The molecule has 2 heterocycles. The quantitative estimate of drug-likeness (QED) is 0.463. The topological polar surface area (TPSA) is 96.0 Å². The third kappa shape index (κ3) is 5.79. The molecule has 0 saturated carbocycles. The van der Waals surface area contributed by atoms with Crippen LogP contribution in [0.5, 0.6) is 0 Å². The highest BCUT2D eigenvalue weighted by molar-refractivity contribution is 7.89. The number of carbonyl (C=O) groups excluding carboxylic acids is 2. The molecule has 1 amide bonds. The van der Waals surface area contributed by atoms with E-state index in [-0.39, 0.29) is 24.0 Å². The summed E-state index contributed by atoms with van der Waals surface area (Å²) in [5.41, 5.74) is 1.92. The average Bonchev–Trinajstić information content (AvgIpc) is 3.29. The molecule has 0 bridgehead atoms. The van der Waals surface area contributed by atoms with Crippen molar-refractivity contribution in [2.75, 3.05) is 44.6 Å². The molecule has 0 spiro atoms. The van der Waals surface area contributed by atoms with Crippen molar-refractivity contribution in [1.29, 1.82) is 0 Å². The van der Waals surface area contributed by atoms with E-state index in [1.165, 1.54) is 15.6 Å². The minimum absolute atomic E-state index is 0.0973. The van der Waals surface area contributed by atoms with Crippen molar-refractivity contribution in [3.05, 3.63) is 71.6 Å². The van der Waals surface area contributed by atoms with Gasteiger partial charge >= 0.3 is 5.97 Å². The number of benzene rings is 2. The molecule has 1 saturated heterocycles. The molecular formula is C25H27N3O5S2. The number of rotatable bonds is 8. The van der Waals surface area contributed by atoms with E-state index < -0.39 is 16.0 Å². The second-order valence-corrected chi connectivity index (χ2v) is 10.8. The maximum Gasteiger partial charge on any atom is 0.341 e. The number of hydrogen-bond acceptors (Lipinski definition) is 7. The lowest BCUT2D eigenvalue weighted by molar-refractivity contribution is -0.117. The van der Waals surface area contributed by atoms with Gasteiger partial charge in [-0.2, -0.15) is 4.31 Å². The first-order chi connectivity index (χ1) is 16.9. The number of esters is 1. The van der Waals surface area contributed by atoms with Crippen LogP contribution in [0.15, 0.2) is 70.9 Å². The summed E-state index contributed by atoms with van der Waals surface area (Å²) in [7, 11) is -3.55. The Hall–Kier alpha value is -3.05. The molecule has 8 nitrogen and oxygen atoms in total. The standard InChI is InChI=1S/C25H27N3O5S2/c1-2-33-25(30)23-21(19-9-5-3-6-10-19)18-34-24(23)26-22(29)17-27-13-15-28(16-14-27)35(31,32)20-11-7-4-8-12-20/h3-12,18H,2,13-17H2,1H3,(H,26,29). The van der Waals surface area contributed by atoms with Crippen LogP contribution in [-0.4, -0.2) is 68.8 Å². The molecule has 10 heteroatoms. The van der Waals surface area contributed by atoms with Gasteiger partial charge < -0.3 is 10.1 Å². The van der Waals surface area contributed by atoms with Gasteiger partial charge in [-0.1, -0.05) is 48.5 Å². The largest absolute Gasteiger partial charge is 0.462 e. The zero-order chi connectivity index (χ0) is 24.8. The number of sulfonamides is 1. The molecule has 3 aromatic rings. The molecule has 184 valence electrons. The molecular weight excluding hydrogens is 486 g/mol. The van der Waals surface area contributed by atoms with Crippen molar-refractivity contribution in [3.8, 4) is 11.1 Å². The fraction of sp³-hybridized carbons (Fsp3) is 0.280. The monoisotopic (exact) mass is 513 g/mol. The zero-order valence-corrected chi connectivity index (χ0v) is 21.0. The predicted molar refractivity (Wildman–Crippen MR) is 136 cm³/mol. The van der Waals surface area contributed by atoms with Crippen LogP contribution in [0.3, 0.4) is 0 Å². The number of amides is 1. The second kappa shape index (κ2) is 11.1. The summed E-state index contributed by atoms with van der Waals surface area (Å²) in [5.74, 6) is -0.751. The Bertz CT molecular complexity index is 1270. The Morgan fingerprint density at radius 3 is 2.23 bits per heavy atom. The van der Waals surface area contributed by atoms with Gasteiger partial charge in [0.2, 0.25) is 15.9 Å². The minimum atomic E-state index is -3.55. The summed E-state index contributed by atoms with van der Waals surface area (Å²) >= 11 is 1.28. The molecule has 1 fully saturated rings. The van der Waals surface area contributed by atoms with Gasteiger partial charge in [0.15, 0.2) is 0 Å². The smallest absolute Gasteiger partial charge is 0.341 e. The van der Waals surface area contributed by atoms with Crippen LogP contribution in [0.2, 0.25) is 0 Å². The second-order valence-electron chi connectivity index (χ2n) is 7.98. The van der Waals surface area contributed by atoms with Crippen LogP contribution in [0, 0.1) is 0 Å². The molecule has 0 radical (unpaired) electrons. The SMILES string of the molecule is CCOC(=O)c1c(-c2ccccc2)csc1NC(=O)CN1CCN(S(=O)(=O)c2ccccc2)CC1. The highest BCUT2D eigenvalue weighted by Crippen LogP contribution is 2.36. The van der Waals surface area contributed by atoms with E-state index in [2.05, 4.69) is 5.32 Å². The summed E-state index contributed by atoms with van der Waals surface area (Å²) in [6.45, 7) is 3.54. The lowest BCUT2D eigenvalue weighted by Crippen LogP contribution is -2.50. The van der Waals surface area contributed by atoms with Crippen LogP contribution in [-0.2, 0) is 19.6 Å². The van der Waals surface area contributed by atoms with Crippen molar-refractivity contribution in [1.82, 2.24) is 9.21 Å². The molecule has 0 atom stereocenters. The third-order valence-electron chi connectivity index (χ3n) is 5.69. The summed E-state index contributed by atoms with van der Waals surface area (Å²) in [4.78, 5) is 27.7. The van der Waals surface area contributed by atoms with Gasteiger partial charge in [0.25, 0.3) is 0 Å². The number of nitrogens with one attached hydrogen (secondary N) is 1. The fourth-order valence-electron chi connectivity index (χ4n) is 3.92. The van der Waals surface area contributed by atoms with E-state index in [1.807, 2.05) is 40.6 Å². The number of hydrogen-bond donors (Lipinski definition) is 1. The number of ether oxygens (including phenoxy) is 1. The molecule has 2 aromatic carbocycles. The highest BCUT2D eigenvalue weighted by Gasteiger charge is 2.29. The highest BCUT2D eigenvalue weighted by atomic mass is 32.2. The number of carbonyl (C=O) groups is 2. The van der Waals surface area contributed by atoms with E-state index in [9.17, 15) is 18.0 Å². The van der Waals surface area contributed by atoms with Gasteiger partial charge in [-0.05, 0) is 24.6 Å². The van der Waals surface area contributed by atoms with Crippen LogP contribution < -0.4 is 5.32 Å². The van der Waals surface area contributed by atoms with Crippen LogP contribution in [0.1, 0.15) is 17.3 Å². The van der Waals surface area contributed by atoms with Gasteiger partial charge in [0, 0.05) is 37.1 Å². The van der Waals surface area contributed by atoms with Crippen LogP contribution in [0.25, 0.3) is 11.1 Å². The molecule has 35 heavy (non-hydrogen) atoms. The van der Waals surface area contributed by atoms with Crippen LogP contribution >= 0.6 is 11.3 Å².